The van der Waals surface area contributed by atoms with Crippen molar-refractivity contribution in [3.05, 3.63) is 23.7 Å². The standard InChI is InChI=1S/C13H15N3OS/c17-13(9-2-1-5-14-7-9)16-10-3-4-11-12(6-10)18-8-15-11/h3-4,6,8-9,14H,1-2,5,7H2,(H,16,17). The number of hydrogen-bond donors (Lipinski definition) is 2. The fraction of sp³-hybridized carbons (Fsp3) is 0.385. The highest BCUT2D eigenvalue weighted by Gasteiger charge is 2.20. The summed E-state index contributed by atoms with van der Waals surface area (Å²) < 4.78 is 1.11. The monoisotopic (exact) mass is 261 g/mol. The first-order chi connectivity index (χ1) is 8.83. The first kappa shape index (κ1) is 11.6. The van der Waals surface area contributed by atoms with E-state index in [4.69, 9.17) is 0 Å². The minimum atomic E-state index is 0.0934. The molecule has 1 saturated heterocycles. The summed E-state index contributed by atoms with van der Waals surface area (Å²) in [5.41, 5.74) is 3.67. The fourth-order valence-electron chi connectivity index (χ4n) is 2.25. The lowest BCUT2D eigenvalue weighted by atomic mass is 9.99. The number of piperidine rings is 1. The number of amides is 1. The van der Waals surface area contributed by atoms with Gasteiger partial charge in [0.05, 0.1) is 21.6 Å². The van der Waals surface area contributed by atoms with Gasteiger partial charge >= 0.3 is 0 Å². The van der Waals surface area contributed by atoms with Crippen LogP contribution in [0.5, 0.6) is 0 Å². The average Bonchev–Trinajstić information content (AvgIpc) is 2.87. The quantitative estimate of drug-likeness (QED) is 0.871. The van der Waals surface area contributed by atoms with Gasteiger partial charge in [0.1, 0.15) is 0 Å². The topological polar surface area (TPSA) is 54.0 Å². The van der Waals surface area contributed by atoms with Gasteiger partial charge in [-0.1, -0.05) is 0 Å². The number of thiazole rings is 1. The zero-order valence-corrected chi connectivity index (χ0v) is 10.8. The largest absolute Gasteiger partial charge is 0.326 e. The Hall–Kier alpha value is -1.46. The van der Waals surface area contributed by atoms with E-state index in [1.54, 1.807) is 11.3 Å². The summed E-state index contributed by atoms with van der Waals surface area (Å²) in [5.74, 6) is 0.210. The number of aromatic nitrogens is 1. The van der Waals surface area contributed by atoms with E-state index in [0.29, 0.717) is 0 Å². The van der Waals surface area contributed by atoms with Crippen molar-refractivity contribution in [3.8, 4) is 0 Å². The Balaban J connectivity index is 1.72. The molecule has 1 aliphatic heterocycles. The number of nitrogens with zero attached hydrogens (tertiary/aromatic N) is 1. The number of carbonyl (C=O) groups is 1. The van der Waals surface area contributed by atoms with E-state index in [1.807, 2.05) is 23.7 Å². The summed E-state index contributed by atoms with van der Waals surface area (Å²) in [6.07, 6.45) is 2.05. The molecule has 1 aromatic carbocycles. The molecule has 3 rings (SSSR count). The van der Waals surface area contributed by atoms with Crippen LogP contribution in [-0.4, -0.2) is 24.0 Å². The van der Waals surface area contributed by atoms with E-state index in [0.717, 1.165) is 41.8 Å². The predicted molar refractivity (Wildman–Crippen MR) is 73.8 cm³/mol. The summed E-state index contributed by atoms with van der Waals surface area (Å²) >= 11 is 1.59. The number of benzene rings is 1. The van der Waals surface area contributed by atoms with Crippen molar-refractivity contribution >= 4 is 33.1 Å². The van der Waals surface area contributed by atoms with E-state index in [2.05, 4.69) is 15.6 Å². The molecule has 2 heterocycles. The number of carbonyl (C=O) groups excluding carboxylic acids is 1. The molecular formula is C13H15N3OS. The Bertz CT molecular complexity index is 560. The molecule has 1 aliphatic rings. The third-order valence-corrected chi connectivity index (χ3v) is 4.06. The first-order valence-corrected chi connectivity index (χ1v) is 7.06. The molecule has 18 heavy (non-hydrogen) atoms. The molecule has 2 N–H and O–H groups in total. The summed E-state index contributed by atoms with van der Waals surface area (Å²) in [5, 5.41) is 6.25. The highest BCUT2D eigenvalue weighted by atomic mass is 32.1. The van der Waals surface area contributed by atoms with Gasteiger partial charge in [0.2, 0.25) is 5.91 Å². The van der Waals surface area contributed by atoms with Crippen molar-refractivity contribution in [2.75, 3.05) is 18.4 Å². The van der Waals surface area contributed by atoms with Gasteiger partial charge in [-0.15, -0.1) is 11.3 Å². The van der Waals surface area contributed by atoms with Crippen LogP contribution in [0, 0.1) is 5.92 Å². The van der Waals surface area contributed by atoms with Crippen LogP contribution >= 0.6 is 11.3 Å². The third kappa shape index (κ3) is 2.37. The molecule has 1 amide bonds. The maximum Gasteiger partial charge on any atom is 0.228 e. The Morgan fingerprint density at radius 1 is 1.50 bits per heavy atom. The van der Waals surface area contributed by atoms with E-state index < -0.39 is 0 Å². The van der Waals surface area contributed by atoms with Crippen molar-refractivity contribution < 1.29 is 4.79 Å². The Kier molecular flexibility index (Phi) is 3.25. The second kappa shape index (κ2) is 5.04. The Morgan fingerprint density at radius 2 is 2.44 bits per heavy atom. The zero-order valence-electron chi connectivity index (χ0n) is 9.98. The maximum atomic E-state index is 12.1. The smallest absolute Gasteiger partial charge is 0.228 e. The van der Waals surface area contributed by atoms with Crippen molar-refractivity contribution in [1.29, 1.82) is 0 Å². The maximum absolute atomic E-state index is 12.1. The second-order valence-corrected chi connectivity index (χ2v) is 5.45. The first-order valence-electron chi connectivity index (χ1n) is 6.18. The third-order valence-electron chi connectivity index (χ3n) is 3.27. The van der Waals surface area contributed by atoms with Crippen LogP contribution in [0.25, 0.3) is 10.2 Å². The van der Waals surface area contributed by atoms with Gasteiger partial charge in [0.15, 0.2) is 0 Å². The SMILES string of the molecule is O=C(Nc1ccc2ncsc2c1)C1CCCNC1. The zero-order chi connectivity index (χ0) is 12.4. The van der Waals surface area contributed by atoms with Gasteiger partial charge in [0, 0.05) is 12.2 Å². The van der Waals surface area contributed by atoms with Crippen LogP contribution in [0.15, 0.2) is 23.7 Å². The summed E-state index contributed by atoms with van der Waals surface area (Å²) in [6, 6.07) is 5.85. The summed E-state index contributed by atoms with van der Waals surface area (Å²) in [6.45, 7) is 1.81. The summed E-state index contributed by atoms with van der Waals surface area (Å²) in [7, 11) is 0. The summed E-state index contributed by atoms with van der Waals surface area (Å²) in [4.78, 5) is 16.3. The molecule has 1 atom stereocenters. The van der Waals surface area contributed by atoms with Crippen LogP contribution in [0.2, 0.25) is 0 Å². The van der Waals surface area contributed by atoms with Crippen molar-refractivity contribution in [1.82, 2.24) is 10.3 Å². The van der Waals surface area contributed by atoms with E-state index in [9.17, 15) is 4.79 Å². The lowest BCUT2D eigenvalue weighted by Crippen LogP contribution is -2.37. The molecule has 1 aromatic heterocycles. The van der Waals surface area contributed by atoms with Crippen LogP contribution in [0.3, 0.4) is 0 Å². The molecular weight excluding hydrogens is 246 g/mol. The molecule has 5 heteroatoms. The molecule has 2 aromatic rings. The van der Waals surface area contributed by atoms with Gasteiger partial charge in [-0.25, -0.2) is 4.98 Å². The highest BCUT2D eigenvalue weighted by Crippen LogP contribution is 2.22. The molecule has 1 fully saturated rings. The van der Waals surface area contributed by atoms with Gasteiger partial charge < -0.3 is 10.6 Å². The number of hydrogen-bond acceptors (Lipinski definition) is 4. The molecule has 0 radical (unpaired) electrons. The van der Waals surface area contributed by atoms with Crippen LogP contribution < -0.4 is 10.6 Å². The van der Waals surface area contributed by atoms with Crippen LogP contribution in [0.4, 0.5) is 5.69 Å². The van der Waals surface area contributed by atoms with E-state index >= 15 is 0 Å². The van der Waals surface area contributed by atoms with Gasteiger partial charge in [-0.3, -0.25) is 4.79 Å². The normalized spacial score (nSPS) is 19.9. The molecule has 94 valence electrons. The fourth-order valence-corrected chi connectivity index (χ4v) is 2.97. The second-order valence-electron chi connectivity index (χ2n) is 4.57. The number of fused-ring (bicyclic) bond motifs is 1. The van der Waals surface area contributed by atoms with Crippen LogP contribution in [0.1, 0.15) is 12.8 Å². The molecule has 4 nitrogen and oxygen atoms in total. The number of nitrogens with one attached hydrogen (secondary N) is 2. The minimum Gasteiger partial charge on any atom is -0.326 e. The number of anilines is 1. The van der Waals surface area contributed by atoms with E-state index in [-0.39, 0.29) is 11.8 Å². The molecule has 0 bridgehead atoms. The lowest BCUT2D eigenvalue weighted by molar-refractivity contribution is -0.120. The Morgan fingerprint density at radius 3 is 3.28 bits per heavy atom. The van der Waals surface area contributed by atoms with Gasteiger partial charge in [0.25, 0.3) is 0 Å². The Labute approximate surface area is 109 Å². The van der Waals surface area contributed by atoms with Crippen molar-refractivity contribution in [3.63, 3.8) is 0 Å². The predicted octanol–water partition coefficient (Wildman–Crippen LogP) is 2.23. The molecule has 0 aliphatic carbocycles. The minimum absolute atomic E-state index is 0.0934. The van der Waals surface area contributed by atoms with Gasteiger partial charge in [-0.2, -0.15) is 0 Å². The molecule has 1 unspecified atom stereocenters. The lowest BCUT2D eigenvalue weighted by Gasteiger charge is -2.21. The van der Waals surface area contributed by atoms with Crippen LogP contribution in [-0.2, 0) is 4.79 Å². The van der Waals surface area contributed by atoms with Gasteiger partial charge in [-0.05, 0) is 37.6 Å². The highest BCUT2D eigenvalue weighted by molar-refractivity contribution is 7.16. The van der Waals surface area contributed by atoms with Crippen molar-refractivity contribution in [2.24, 2.45) is 5.92 Å². The van der Waals surface area contributed by atoms with Crippen molar-refractivity contribution in [2.45, 2.75) is 12.8 Å². The number of rotatable bonds is 2. The molecule has 0 spiro atoms. The van der Waals surface area contributed by atoms with E-state index in [1.165, 1.54) is 0 Å². The molecule has 0 saturated carbocycles. The average molecular weight is 261 g/mol.